The van der Waals surface area contributed by atoms with Gasteiger partial charge in [-0.1, -0.05) is 243 Å². The van der Waals surface area contributed by atoms with Crippen molar-refractivity contribution in [2.24, 2.45) is 0 Å². The minimum Gasteiger partial charge on any atom is -0.376 e. The second kappa shape index (κ2) is 18.1. The summed E-state index contributed by atoms with van der Waals surface area (Å²) in [6, 6.07) is 116. The van der Waals surface area contributed by atoms with Gasteiger partial charge in [-0.05, 0) is 171 Å². The normalized spacial score (nSPS) is 14.1. The molecule has 0 fully saturated rings. The molecule has 0 unspecified atom stereocenters. The predicted molar refractivity (Wildman–Crippen MR) is 390 cm³/mol. The third-order valence-corrected chi connectivity index (χ3v) is 21.8. The standard InChI is InChI=1S/C84H50B4N4/c1-3-21-51(22-4-1)53-41-43-68-63(45-53)62-30-12-18-38-75(62)92-80-50-56(49-79-84(80)81-69(34-19-35-70(81)86(68)92)85-65-31-13-7-25-57(65)61-29-11-17-37-74(61)91(79)85)55-47-71-82-72(48-55)88-67-33-15-9-27-59(67)64-46-54(52-23-5-2-6-24-52)42-44-76(64)90(88)78-40-20-39-77(83(78)82)89-73-36-16-10-28-60(73)58-26-8-14-32-66(58)87(71)89/h1-50H. The Hall–Kier alpha value is -11.5. The summed E-state index contributed by atoms with van der Waals surface area (Å²) < 4.78 is 0. The highest BCUT2D eigenvalue weighted by molar-refractivity contribution is 6.98. The van der Waals surface area contributed by atoms with Crippen LogP contribution in [0.4, 0.5) is 45.5 Å². The highest BCUT2D eigenvalue weighted by atomic mass is 15.1. The Morgan fingerprint density at radius 1 is 0.152 bits per heavy atom. The zero-order valence-corrected chi connectivity index (χ0v) is 50.0. The van der Waals surface area contributed by atoms with E-state index in [0.29, 0.717) is 0 Å². The van der Waals surface area contributed by atoms with Crippen LogP contribution >= 0.6 is 0 Å². The Kier molecular flexibility index (Phi) is 9.74. The molecule has 0 amide bonds. The molecule has 0 saturated carbocycles. The van der Waals surface area contributed by atoms with E-state index in [2.05, 4.69) is 323 Å². The fourth-order valence-corrected chi connectivity index (χ4v) is 18.2. The smallest absolute Gasteiger partial charge is 0.329 e. The van der Waals surface area contributed by atoms with Gasteiger partial charge in [0.1, 0.15) is 0 Å². The zero-order valence-electron chi connectivity index (χ0n) is 50.0. The van der Waals surface area contributed by atoms with Gasteiger partial charge < -0.3 is 19.2 Å². The van der Waals surface area contributed by atoms with Crippen LogP contribution in [0.5, 0.6) is 0 Å². The van der Waals surface area contributed by atoms with Gasteiger partial charge in [0, 0.05) is 78.9 Å². The molecule has 4 nitrogen and oxygen atoms in total. The van der Waals surface area contributed by atoms with E-state index in [1.807, 2.05) is 0 Å². The quantitative estimate of drug-likeness (QED) is 0.163. The van der Waals surface area contributed by atoms with Gasteiger partial charge in [0.2, 0.25) is 0 Å². The fraction of sp³-hybridized carbons (Fsp3) is 0. The van der Waals surface area contributed by atoms with Crippen LogP contribution in [0, 0.1) is 0 Å². The highest BCUT2D eigenvalue weighted by Crippen LogP contribution is 2.58. The summed E-state index contributed by atoms with van der Waals surface area (Å²) in [6.07, 6.45) is 0. The largest absolute Gasteiger partial charge is 0.376 e. The van der Waals surface area contributed by atoms with Gasteiger partial charge in [-0.2, -0.15) is 0 Å². The number of nitrogens with zero attached hydrogens (tertiary/aromatic N) is 4. The number of para-hydroxylation sites is 3. The van der Waals surface area contributed by atoms with E-state index in [0.717, 1.165) is 0 Å². The molecule has 0 bridgehead atoms. The topological polar surface area (TPSA) is 13.0 Å². The van der Waals surface area contributed by atoms with Crippen molar-refractivity contribution in [2.45, 2.75) is 0 Å². The molecule has 0 radical (unpaired) electrons. The number of hydrogen-bond acceptors (Lipinski definition) is 4. The average molecular weight is 1160 g/mol. The second-order valence-electron chi connectivity index (χ2n) is 26.1. The summed E-state index contributed by atoms with van der Waals surface area (Å²) in [5.74, 6) is 0. The van der Waals surface area contributed by atoms with Crippen LogP contribution in [0.3, 0.4) is 0 Å². The molecule has 0 saturated heterocycles. The number of fused-ring (bicyclic) bond motifs is 32. The van der Waals surface area contributed by atoms with Crippen LogP contribution in [0.15, 0.2) is 303 Å². The molecule has 14 aromatic rings. The first-order valence-electron chi connectivity index (χ1n) is 32.4. The monoisotopic (exact) mass is 1160 g/mol. The van der Waals surface area contributed by atoms with Gasteiger partial charge in [0.05, 0.1) is 0 Å². The van der Waals surface area contributed by atoms with Crippen molar-refractivity contribution in [3.05, 3.63) is 303 Å². The van der Waals surface area contributed by atoms with Crippen molar-refractivity contribution in [2.75, 3.05) is 19.2 Å². The van der Waals surface area contributed by atoms with Crippen LogP contribution < -0.4 is 62.9 Å². The Morgan fingerprint density at radius 3 is 1.00 bits per heavy atom. The van der Waals surface area contributed by atoms with E-state index in [-0.39, 0.29) is 27.4 Å². The molecular weight excluding hydrogens is 1110 g/mol. The lowest BCUT2D eigenvalue weighted by Gasteiger charge is -2.50. The molecule has 92 heavy (non-hydrogen) atoms. The molecule has 8 aliphatic heterocycles. The molecule has 418 valence electrons. The molecular formula is C84H50B4N4. The third-order valence-electron chi connectivity index (χ3n) is 21.8. The molecule has 0 spiro atoms. The molecule has 14 aromatic carbocycles. The predicted octanol–water partition coefficient (Wildman–Crippen LogP) is 15.0. The Bertz CT molecular complexity index is 5280. The molecule has 0 aliphatic carbocycles. The van der Waals surface area contributed by atoms with Gasteiger partial charge in [-0.3, -0.25) is 0 Å². The van der Waals surface area contributed by atoms with Crippen LogP contribution in [0.25, 0.3) is 100 Å². The first kappa shape index (κ1) is 49.4. The summed E-state index contributed by atoms with van der Waals surface area (Å²) >= 11 is 0. The Labute approximate surface area is 536 Å². The van der Waals surface area contributed by atoms with Gasteiger partial charge in [0.15, 0.2) is 0 Å². The van der Waals surface area contributed by atoms with Crippen molar-refractivity contribution < 1.29 is 0 Å². The van der Waals surface area contributed by atoms with Gasteiger partial charge in [-0.15, -0.1) is 0 Å². The van der Waals surface area contributed by atoms with E-state index in [1.165, 1.54) is 189 Å². The first-order chi connectivity index (χ1) is 45.7. The maximum atomic E-state index is 2.74. The van der Waals surface area contributed by atoms with Crippen molar-refractivity contribution in [1.82, 2.24) is 0 Å². The van der Waals surface area contributed by atoms with Crippen molar-refractivity contribution in [3.8, 4) is 100 Å². The molecule has 8 heteroatoms. The lowest BCUT2D eigenvalue weighted by molar-refractivity contribution is 1.30. The highest BCUT2D eigenvalue weighted by Gasteiger charge is 2.53. The van der Waals surface area contributed by atoms with E-state index in [1.54, 1.807) is 0 Å². The van der Waals surface area contributed by atoms with E-state index in [4.69, 9.17) is 0 Å². The van der Waals surface area contributed by atoms with E-state index < -0.39 is 0 Å². The second-order valence-corrected chi connectivity index (χ2v) is 26.1. The van der Waals surface area contributed by atoms with Crippen molar-refractivity contribution in [1.29, 1.82) is 0 Å². The third kappa shape index (κ3) is 6.36. The molecule has 0 N–H and O–H groups in total. The summed E-state index contributed by atoms with van der Waals surface area (Å²) in [5.41, 5.74) is 43.3. The molecule has 0 atom stereocenters. The minimum atomic E-state index is -0.133. The average Bonchev–Trinajstić information content (AvgIpc) is 0.683. The maximum absolute atomic E-state index is 2.74. The van der Waals surface area contributed by atoms with Crippen LogP contribution in [0.1, 0.15) is 0 Å². The van der Waals surface area contributed by atoms with E-state index in [9.17, 15) is 0 Å². The number of benzene rings is 14. The summed E-state index contributed by atoms with van der Waals surface area (Å²) in [6.45, 7) is -0.420. The number of rotatable bonds is 3. The summed E-state index contributed by atoms with van der Waals surface area (Å²) in [7, 11) is 0. The molecule has 8 aliphatic rings. The lowest BCUT2D eigenvalue weighted by Crippen LogP contribution is -2.66. The van der Waals surface area contributed by atoms with Crippen LogP contribution in [0.2, 0.25) is 0 Å². The summed E-state index contributed by atoms with van der Waals surface area (Å²) in [4.78, 5) is 10.9. The zero-order chi connectivity index (χ0) is 59.6. The maximum Gasteiger partial charge on any atom is 0.329 e. The van der Waals surface area contributed by atoms with Crippen LogP contribution in [-0.4, -0.2) is 27.4 Å². The SMILES string of the molecule is c1ccc(-c2ccc3c(c2)-c2ccccc2N2B3c3cccc4c3-c3c(cc(-c5cc6c7c(c5)B5c8ccccc8-c8cc(-c9ccccc9)ccc8N5c5cccc(c5-7)N5B6c6ccccc6-c6ccccc65)cc32)N2B4c3ccccc3-c3ccccc32)cc1. The number of hydrogen-bond donors (Lipinski definition) is 0. The summed E-state index contributed by atoms with van der Waals surface area (Å²) in [5, 5.41) is 0. The number of anilines is 8. The van der Waals surface area contributed by atoms with E-state index >= 15 is 0 Å². The van der Waals surface area contributed by atoms with Gasteiger partial charge >= 0.3 is 27.4 Å². The van der Waals surface area contributed by atoms with Crippen molar-refractivity contribution >= 4 is 117 Å². The van der Waals surface area contributed by atoms with Crippen molar-refractivity contribution in [3.63, 3.8) is 0 Å². The Morgan fingerprint density at radius 2 is 0.478 bits per heavy atom. The lowest BCUT2D eigenvalue weighted by atomic mass is 9.37. The Balaban J connectivity index is 0.855. The van der Waals surface area contributed by atoms with Gasteiger partial charge in [0.25, 0.3) is 0 Å². The molecule has 22 rings (SSSR count). The molecule has 8 heterocycles. The van der Waals surface area contributed by atoms with Crippen LogP contribution in [-0.2, 0) is 0 Å². The minimum absolute atomic E-state index is 0.0734. The fourth-order valence-electron chi connectivity index (χ4n) is 18.2. The molecule has 0 aromatic heterocycles. The first-order valence-corrected chi connectivity index (χ1v) is 32.4. The van der Waals surface area contributed by atoms with Gasteiger partial charge in [-0.25, -0.2) is 0 Å².